The standard InChI is InChI=1S/C17H27NS/c1-13(2)16(14-8-6-5-7-9-14)18-15-10-17(3,4)12-19-11-15/h5-9,13,15-16,18H,10-12H2,1-4H3. The number of nitrogens with one attached hydrogen (secondary N) is 1. The second-order valence-corrected chi connectivity index (χ2v) is 7.91. The van der Waals surface area contributed by atoms with E-state index in [0.717, 1.165) is 0 Å². The van der Waals surface area contributed by atoms with E-state index in [0.29, 0.717) is 23.4 Å². The van der Waals surface area contributed by atoms with Crippen molar-refractivity contribution >= 4 is 11.8 Å². The molecule has 2 heteroatoms. The van der Waals surface area contributed by atoms with Crippen molar-refractivity contribution in [2.24, 2.45) is 11.3 Å². The molecule has 1 fully saturated rings. The summed E-state index contributed by atoms with van der Waals surface area (Å²) in [7, 11) is 0. The van der Waals surface area contributed by atoms with Crippen LogP contribution in [0.2, 0.25) is 0 Å². The summed E-state index contributed by atoms with van der Waals surface area (Å²) in [5.74, 6) is 3.17. The highest BCUT2D eigenvalue weighted by Gasteiger charge is 2.30. The first kappa shape index (κ1) is 14.9. The summed E-state index contributed by atoms with van der Waals surface area (Å²) in [5, 5.41) is 3.91. The van der Waals surface area contributed by atoms with Gasteiger partial charge in [0.25, 0.3) is 0 Å². The molecule has 1 saturated heterocycles. The minimum absolute atomic E-state index is 0.471. The van der Waals surface area contributed by atoms with Gasteiger partial charge in [-0.1, -0.05) is 58.0 Å². The second-order valence-electron chi connectivity index (χ2n) is 6.88. The van der Waals surface area contributed by atoms with Crippen molar-refractivity contribution < 1.29 is 0 Å². The van der Waals surface area contributed by atoms with Crippen molar-refractivity contribution in [3.05, 3.63) is 35.9 Å². The van der Waals surface area contributed by atoms with Gasteiger partial charge in [0.2, 0.25) is 0 Å². The van der Waals surface area contributed by atoms with Crippen LogP contribution in [0.4, 0.5) is 0 Å². The molecule has 0 aliphatic carbocycles. The Hall–Kier alpha value is -0.470. The van der Waals surface area contributed by atoms with Crippen molar-refractivity contribution in [3.63, 3.8) is 0 Å². The fourth-order valence-corrected chi connectivity index (χ4v) is 4.24. The highest BCUT2D eigenvalue weighted by Crippen LogP contribution is 2.35. The van der Waals surface area contributed by atoms with Gasteiger partial charge < -0.3 is 5.32 Å². The topological polar surface area (TPSA) is 12.0 Å². The Balaban J connectivity index is 2.05. The van der Waals surface area contributed by atoms with E-state index in [1.165, 1.54) is 23.5 Å². The predicted molar refractivity (Wildman–Crippen MR) is 86.7 cm³/mol. The van der Waals surface area contributed by atoms with E-state index in [2.05, 4.69) is 75.1 Å². The molecule has 0 saturated carbocycles. The molecule has 1 aliphatic heterocycles. The fraction of sp³-hybridized carbons (Fsp3) is 0.647. The van der Waals surface area contributed by atoms with Crippen molar-refractivity contribution in [1.82, 2.24) is 5.32 Å². The lowest BCUT2D eigenvalue weighted by atomic mass is 9.86. The second kappa shape index (κ2) is 6.32. The maximum Gasteiger partial charge on any atom is 0.0346 e. The molecule has 0 amide bonds. The summed E-state index contributed by atoms with van der Waals surface area (Å²) in [6, 6.07) is 12.0. The first-order chi connectivity index (χ1) is 8.98. The number of thioether (sulfide) groups is 1. The molecule has 1 heterocycles. The van der Waals surface area contributed by atoms with Crippen molar-refractivity contribution in [3.8, 4) is 0 Å². The summed E-state index contributed by atoms with van der Waals surface area (Å²) >= 11 is 2.10. The molecule has 0 bridgehead atoms. The van der Waals surface area contributed by atoms with Crippen LogP contribution in [-0.4, -0.2) is 17.5 Å². The Labute approximate surface area is 122 Å². The smallest absolute Gasteiger partial charge is 0.0346 e. The Morgan fingerprint density at radius 3 is 2.47 bits per heavy atom. The highest BCUT2D eigenvalue weighted by atomic mass is 32.2. The summed E-state index contributed by atoms with van der Waals surface area (Å²) in [6.07, 6.45) is 1.29. The highest BCUT2D eigenvalue weighted by molar-refractivity contribution is 7.99. The van der Waals surface area contributed by atoms with Gasteiger partial charge in [0, 0.05) is 17.8 Å². The maximum absolute atomic E-state index is 3.91. The predicted octanol–water partition coefficient (Wildman–Crippen LogP) is 4.51. The van der Waals surface area contributed by atoms with E-state index in [1.54, 1.807) is 0 Å². The molecule has 106 valence electrons. The Bertz CT molecular complexity index is 386. The maximum atomic E-state index is 3.91. The zero-order chi connectivity index (χ0) is 13.9. The van der Waals surface area contributed by atoms with Gasteiger partial charge in [0.1, 0.15) is 0 Å². The monoisotopic (exact) mass is 277 g/mol. The van der Waals surface area contributed by atoms with Crippen LogP contribution in [-0.2, 0) is 0 Å². The Morgan fingerprint density at radius 1 is 1.21 bits per heavy atom. The van der Waals surface area contributed by atoms with Crippen LogP contribution in [0.5, 0.6) is 0 Å². The van der Waals surface area contributed by atoms with Gasteiger partial charge in [-0.15, -0.1) is 0 Å². The molecule has 0 aromatic heterocycles. The Kier molecular flexibility index (Phi) is 4.97. The van der Waals surface area contributed by atoms with Crippen molar-refractivity contribution in [2.75, 3.05) is 11.5 Å². The van der Waals surface area contributed by atoms with E-state index < -0.39 is 0 Å². The largest absolute Gasteiger partial charge is 0.306 e. The lowest BCUT2D eigenvalue weighted by Crippen LogP contribution is -2.43. The van der Waals surface area contributed by atoms with Crippen molar-refractivity contribution in [1.29, 1.82) is 0 Å². The molecule has 2 atom stereocenters. The number of rotatable bonds is 4. The van der Waals surface area contributed by atoms with Gasteiger partial charge in [-0.2, -0.15) is 11.8 Å². The average Bonchev–Trinajstić information content (AvgIpc) is 2.35. The van der Waals surface area contributed by atoms with Gasteiger partial charge in [0.15, 0.2) is 0 Å². The molecule has 1 N–H and O–H groups in total. The van der Waals surface area contributed by atoms with Crippen molar-refractivity contribution in [2.45, 2.75) is 46.2 Å². The van der Waals surface area contributed by atoms with Crippen LogP contribution in [0.15, 0.2) is 30.3 Å². The van der Waals surface area contributed by atoms with Crippen LogP contribution < -0.4 is 5.32 Å². The SMILES string of the molecule is CC(C)C(NC1CSCC(C)(C)C1)c1ccccc1. The quantitative estimate of drug-likeness (QED) is 0.869. The molecular weight excluding hydrogens is 250 g/mol. The number of benzene rings is 1. The van der Waals surface area contributed by atoms with E-state index in [9.17, 15) is 0 Å². The molecule has 1 aliphatic rings. The van der Waals surface area contributed by atoms with Crippen LogP contribution in [0, 0.1) is 11.3 Å². The van der Waals surface area contributed by atoms with Crippen LogP contribution in [0.25, 0.3) is 0 Å². The molecule has 2 rings (SSSR count). The number of hydrogen-bond acceptors (Lipinski definition) is 2. The zero-order valence-electron chi connectivity index (χ0n) is 12.6. The summed E-state index contributed by atoms with van der Waals surface area (Å²) < 4.78 is 0. The lowest BCUT2D eigenvalue weighted by Gasteiger charge is -2.38. The number of hydrogen-bond donors (Lipinski definition) is 1. The first-order valence-corrected chi connectivity index (χ1v) is 8.52. The van der Waals surface area contributed by atoms with Crippen LogP contribution >= 0.6 is 11.8 Å². The molecule has 19 heavy (non-hydrogen) atoms. The average molecular weight is 277 g/mol. The third-order valence-electron chi connectivity index (χ3n) is 3.85. The first-order valence-electron chi connectivity index (χ1n) is 7.37. The molecule has 2 unspecified atom stereocenters. The van der Waals surface area contributed by atoms with Gasteiger partial charge in [-0.3, -0.25) is 0 Å². The van der Waals surface area contributed by atoms with Gasteiger partial charge >= 0.3 is 0 Å². The third-order valence-corrected chi connectivity index (χ3v) is 5.48. The third kappa shape index (κ3) is 4.25. The van der Waals surface area contributed by atoms with Crippen LogP contribution in [0.3, 0.4) is 0 Å². The molecule has 1 nitrogen and oxygen atoms in total. The normalized spacial score (nSPS) is 24.4. The van der Waals surface area contributed by atoms with Gasteiger partial charge in [0.05, 0.1) is 0 Å². The lowest BCUT2D eigenvalue weighted by molar-refractivity contribution is 0.279. The summed E-state index contributed by atoms with van der Waals surface area (Å²) in [6.45, 7) is 9.40. The summed E-state index contributed by atoms with van der Waals surface area (Å²) in [5.41, 5.74) is 1.89. The fourth-order valence-electron chi connectivity index (χ4n) is 2.96. The van der Waals surface area contributed by atoms with Gasteiger partial charge in [-0.05, 0) is 29.1 Å². The van der Waals surface area contributed by atoms with Crippen LogP contribution in [0.1, 0.15) is 45.7 Å². The van der Waals surface area contributed by atoms with Gasteiger partial charge in [-0.25, -0.2) is 0 Å². The molecule has 0 spiro atoms. The molecule has 1 aromatic carbocycles. The van der Waals surface area contributed by atoms with E-state index >= 15 is 0 Å². The minimum atomic E-state index is 0.471. The summed E-state index contributed by atoms with van der Waals surface area (Å²) in [4.78, 5) is 0. The molecular formula is C17H27NS. The molecule has 1 aromatic rings. The van der Waals surface area contributed by atoms with E-state index in [-0.39, 0.29) is 0 Å². The zero-order valence-corrected chi connectivity index (χ0v) is 13.5. The van der Waals surface area contributed by atoms with E-state index in [4.69, 9.17) is 0 Å². The Morgan fingerprint density at radius 2 is 1.89 bits per heavy atom. The van der Waals surface area contributed by atoms with E-state index in [1.807, 2.05) is 0 Å². The minimum Gasteiger partial charge on any atom is -0.306 e. The molecule has 0 radical (unpaired) electrons.